The number of aryl methyl sites for hydroxylation is 1. The Morgan fingerprint density at radius 2 is 1.86 bits per heavy atom. The summed E-state index contributed by atoms with van der Waals surface area (Å²) in [6.07, 6.45) is 3.78. The number of rotatable bonds is 6. The van der Waals surface area contributed by atoms with Crippen molar-refractivity contribution in [2.45, 2.75) is 53.0 Å². The van der Waals surface area contributed by atoms with E-state index in [0.29, 0.717) is 11.5 Å². The van der Waals surface area contributed by atoms with Crippen LogP contribution in [0.5, 0.6) is 0 Å². The summed E-state index contributed by atoms with van der Waals surface area (Å²) in [6, 6.07) is 9.68. The van der Waals surface area contributed by atoms with Crippen molar-refractivity contribution in [3.63, 3.8) is 0 Å². The molecule has 1 fully saturated rings. The summed E-state index contributed by atoms with van der Waals surface area (Å²) in [5.74, 6) is 0.746. The minimum atomic E-state index is 0.424. The maximum Gasteiger partial charge on any atom is 0.0363 e. The van der Waals surface area contributed by atoms with Crippen LogP contribution in [0.3, 0.4) is 0 Å². The molecule has 2 atom stereocenters. The molecule has 0 aliphatic heterocycles. The average Bonchev–Trinajstić information content (AvgIpc) is 2.75. The standard InChI is InChI=1S/C19H32N2/c1-6-15-8-10-17(11-9-15)21(5)14-16-12-13-19(3,4)18(16)20-7-2/h8-11,16,18,20H,6-7,12-14H2,1-5H3. The molecular weight excluding hydrogens is 256 g/mol. The molecule has 1 aromatic carbocycles. The van der Waals surface area contributed by atoms with Crippen LogP contribution in [0.1, 0.15) is 46.1 Å². The first-order valence-corrected chi connectivity index (χ1v) is 8.51. The lowest BCUT2D eigenvalue weighted by molar-refractivity contribution is 0.253. The first-order chi connectivity index (χ1) is 9.97. The van der Waals surface area contributed by atoms with Gasteiger partial charge in [0.2, 0.25) is 0 Å². The van der Waals surface area contributed by atoms with Gasteiger partial charge in [0, 0.05) is 25.3 Å². The third kappa shape index (κ3) is 3.79. The summed E-state index contributed by atoms with van der Waals surface area (Å²) in [6.45, 7) is 11.5. The molecule has 1 aliphatic rings. The number of benzene rings is 1. The van der Waals surface area contributed by atoms with Crippen molar-refractivity contribution in [1.29, 1.82) is 0 Å². The molecule has 2 unspecified atom stereocenters. The largest absolute Gasteiger partial charge is 0.374 e. The highest BCUT2D eigenvalue weighted by Crippen LogP contribution is 2.41. The maximum absolute atomic E-state index is 3.73. The number of hydrogen-bond acceptors (Lipinski definition) is 2. The normalized spacial score (nSPS) is 24.2. The Labute approximate surface area is 130 Å². The molecule has 1 saturated carbocycles. The van der Waals surface area contributed by atoms with Gasteiger partial charge in [-0.3, -0.25) is 0 Å². The molecule has 0 aromatic heterocycles. The predicted octanol–water partition coefficient (Wildman–Crippen LogP) is 4.10. The first-order valence-electron chi connectivity index (χ1n) is 8.51. The third-order valence-electron chi connectivity index (χ3n) is 5.19. The van der Waals surface area contributed by atoms with E-state index < -0.39 is 0 Å². The lowest BCUT2D eigenvalue weighted by atomic mass is 9.84. The average molecular weight is 288 g/mol. The van der Waals surface area contributed by atoms with Crippen LogP contribution in [-0.2, 0) is 6.42 Å². The highest BCUT2D eigenvalue weighted by molar-refractivity contribution is 5.47. The van der Waals surface area contributed by atoms with Gasteiger partial charge in [0.15, 0.2) is 0 Å². The molecule has 0 saturated heterocycles. The highest BCUT2D eigenvalue weighted by Gasteiger charge is 2.41. The van der Waals surface area contributed by atoms with E-state index >= 15 is 0 Å². The quantitative estimate of drug-likeness (QED) is 0.848. The van der Waals surface area contributed by atoms with Gasteiger partial charge in [-0.15, -0.1) is 0 Å². The fraction of sp³-hybridized carbons (Fsp3) is 0.684. The van der Waals surface area contributed by atoms with Gasteiger partial charge in [-0.1, -0.05) is 39.8 Å². The molecule has 118 valence electrons. The van der Waals surface area contributed by atoms with Crippen LogP contribution in [-0.4, -0.2) is 26.2 Å². The fourth-order valence-electron chi connectivity index (χ4n) is 3.82. The number of nitrogens with zero attached hydrogens (tertiary/aromatic N) is 1. The molecule has 1 N–H and O–H groups in total. The van der Waals surface area contributed by atoms with Crippen molar-refractivity contribution in [1.82, 2.24) is 5.32 Å². The maximum atomic E-state index is 3.73. The monoisotopic (exact) mass is 288 g/mol. The lowest BCUT2D eigenvalue weighted by Gasteiger charge is -2.34. The van der Waals surface area contributed by atoms with Gasteiger partial charge in [0.05, 0.1) is 0 Å². The Morgan fingerprint density at radius 3 is 2.43 bits per heavy atom. The van der Waals surface area contributed by atoms with Crippen molar-refractivity contribution in [3.8, 4) is 0 Å². The van der Waals surface area contributed by atoms with Gasteiger partial charge >= 0.3 is 0 Å². The Kier molecular flexibility index (Phi) is 5.32. The lowest BCUT2D eigenvalue weighted by Crippen LogP contribution is -2.45. The molecule has 21 heavy (non-hydrogen) atoms. The van der Waals surface area contributed by atoms with E-state index in [1.807, 2.05) is 0 Å². The van der Waals surface area contributed by atoms with Crippen LogP contribution in [0.4, 0.5) is 5.69 Å². The summed E-state index contributed by atoms with van der Waals surface area (Å²) in [4.78, 5) is 2.43. The van der Waals surface area contributed by atoms with Gasteiger partial charge in [-0.25, -0.2) is 0 Å². The number of anilines is 1. The smallest absolute Gasteiger partial charge is 0.0363 e. The molecule has 0 spiro atoms. The summed E-state index contributed by atoms with van der Waals surface area (Å²) in [5.41, 5.74) is 3.18. The van der Waals surface area contributed by atoms with Crippen molar-refractivity contribution < 1.29 is 0 Å². The SMILES string of the molecule is CCNC1C(CN(C)c2ccc(CC)cc2)CCC1(C)C. The number of nitrogens with one attached hydrogen (secondary N) is 1. The molecule has 0 heterocycles. The van der Waals surface area contributed by atoms with Gasteiger partial charge in [-0.05, 0) is 54.8 Å². The van der Waals surface area contributed by atoms with Gasteiger partial charge in [0.25, 0.3) is 0 Å². The summed E-state index contributed by atoms with van der Waals surface area (Å²) in [7, 11) is 2.23. The summed E-state index contributed by atoms with van der Waals surface area (Å²) in [5, 5.41) is 3.73. The molecule has 1 aliphatic carbocycles. The zero-order valence-corrected chi connectivity index (χ0v) is 14.4. The van der Waals surface area contributed by atoms with Crippen molar-refractivity contribution >= 4 is 5.69 Å². The van der Waals surface area contributed by atoms with Crippen LogP contribution >= 0.6 is 0 Å². The summed E-state index contributed by atoms with van der Waals surface area (Å²) < 4.78 is 0. The van der Waals surface area contributed by atoms with Crippen molar-refractivity contribution in [3.05, 3.63) is 29.8 Å². The molecule has 0 radical (unpaired) electrons. The highest BCUT2D eigenvalue weighted by atomic mass is 15.1. The third-order valence-corrected chi connectivity index (χ3v) is 5.19. The van der Waals surface area contributed by atoms with Crippen LogP contribution in [0.15, 0.2) is 24.3 Å². The Hall–Kier alpha value is -1.02. The topological polar surface area (TPSA) is 15.3 Å². The van der Waals surface area contributed by atoms with Crippen LogP contribution in [0.2, 0.25) is 0 Å². The fourth-order valence-corrected chi connectivity index (χ4v) is 3.82. The zero-order chi connectivity index (χ0) is 15.5. The van der Waals surface area contributed by atoms with E-state index in [4.69, 9.17) is 0 Å². The predicted molar refractivity (Wildman–Crippen MR) is 93.1 cm³/mol. The number of hydrogen-bond donors (Lipinski definition) is 1. The second-order valence-corrected chi connectivity index (χ2v) is 7.22. The van der Waals surface area contributed by atoms with Gasteiger partial charge in [-0.2, -0.15) is 0 Å². The van der Waals surface area contributed by atoms with Gasteiger partial charge < -0.3 is 10.2 Å². The molecular formula is C19H32N2. The van der Waals surface area contributed by atoms with Gasteiger partial charge in [0.1, 0.15) is 0 Å². The zero-order valence-electron chi connectivity index (χ0n) is 14.4. The second kappa shape index (κ2) is 6.83. The van der Waals surface area contributed by atoms with Crippen molar-refractivity contribution in [2.75, 3.05) is 25.0 Å². The van der Waals surface area contributed by atoms with E-state index in [1.54, 1.807) is 0 Å². The minimum Gasteiger partial charge on any atom is -0.374 e. The van der Waals surface area contributed by atoms with Crippen molar-refractivity contribution in [2.24, 2.45) is 11.3 Å². The molecule has 2 rings (SSSR count). The van der Waals surface area contributed by atoms with E-state index in [0.717, 1.165) is 25.4 Å². The Morgan fingerprint density at radius 1 is 1.19 bits per heavy atom. The molecule has 0 amide bonds. The Balaban J connectivity index is 2.02. The minimum absolute atomic E-state index is 0.424. The molecule has 0 bridgehead atoms. The first kappa shape index (κ1) is 16.4. The van der Waals surface area contributed by atoms with E-state index in [9.17, 15) is 0 Å². The molecule has 2 nitrogen and oxygen atoms in total. The molecule has 1 aromatic rings. The summed E-state index contributed by atoms with van der Waals surface area (Å²) >= 11 is 0. The second-order valence-electron chi connectivity index (χ2n) is 7.22. The van der Waals surface area contributed by atoms with Crippen LogP contribution in [0.25, 0.3) is 0 Å². The van der Waals surface area contributed by atoms with Crippen LogP contribution < -0.4 is 10.2 Å². The van der Waals surface area contributed by atoms with E-state index in [1.165, 1.54) is 24.1 Å². The Bertz CT molecular complexity index is 435. The van der Waals surface area contributed by atoms with Crippen LogP contribution in [0, 0.1) is 11.3 Å². The van der Waals surface area contributed by atoms with E-state index in [-0.39, 0.29) is 0 Å². The molecule has 2 heteroatoms. The van der Waals surface area contributed by atoms with E-state index in [2.05, 4.69) is 69.2 Å².